The molecular weight excluding hydrogens is 832 g/mol. The number of hydrogen-bond donors (Lipinski definition) is 4. The average molecular weight is 883 g/mol. The van der Waals surface area contributed by atoms with Gasteiger partial charge in [-0.1, -0.05) is 47.5 Å². The predicted octanol–water partition coefficient (Wildman–Crippen LogP) is 6.27. The van der Waals surface area contributed by atoms with E-state index < -0.39 is 22.5 Å². The van der Waals surface area contributed by atoms with Gasteiger partial charge in [-0.15, -0.1) is 0 Å². The van der Waals surface area contributed by atoms with Crippen LogP contribution in [0, 0.1) is 34.6 Å². The van der Waals surface area contributed by atoms with Crippen LogP contribution in [0.2, 0.25) is 5.02 Å². The maximum Gasteiger partial charge on any atom is 0.349 e. The number of nitrogens with zero attached hydrogens (tertiary/aromatic N) is 6. The van der Waals surface area contributed by atoms with Gasteiger partial charge >= 0.3 is 11.4 Å². The molecule has 4 aliphatic heterocycles. The summed E-state index contributed by atoms with van der Waals surface area (Å²) in [5.74, 6) is 1.38. The molecule has 4 aromatic rings. The van der Waals surface area contributed by atoms with Crippen molar-refractivity contribution in [2.75, 3.05) is 13.1 Å². The van der Waals surface area contributed by atoms with E-state index in [1.807, 2.05) is 78.4 Å². The van der Waals surface area contributed by atoms with E-state index in [2.05, 4.69) is 72.6 Å². The van der Waals surface area contributed by atoms with Gasteiger partial charge < -0.3 is 24.5 Å². The molecule has 5 aliphatic rings. The number of aromatic amines is 2. The minimum Gasteiger partial charge on any atom is -0.490 e. The molecular formula is C48H51ClN10O5. The molecule has 0 atom stereocenters. The molecule has 0 spiro atoms. The highest BCUT2D eigenvalue weighted by Gasteiger charge is 2.23. The van der Waals surface area contributed by atoms with Crippen molar-refractivity contribution in [3.8, 4) is 28.8 Å². The van der Waals surface area contributed by atoms with E-state index in [0.717, 1.165) is 58.4 Å². The van der Waals surface area contributed by atoms with E-state index >= 15 is 0 Å². The molecule has 0 aromatic heterocycles. The minimum atomic E-state index is -0.686. The fourth-order valence-corrected chi connectivity index (χ4v) is 8.43. The zero-order chi connectivity index (χ0) is 45.1. The van der Waals surface area contributed by atoms with Crippen LogP contribution >= 0.6 is 11.6 Å². The van der Waals surface area contributed by atoms with Gasteiger partial charge in [0.2, 0.25) is 0 Å². The Morgan fingerprint density at radius 1 is 0.656 bits per heavy atom. The molecule has 9 rings (SSSR count). The lowest BCUT2D eigenvalue weighted by Crippen LogP contribution is -2.30. The predicted molar refractivity (Wildman–Crippen MR) is 250 cm³/mol. The van der Waals surface area contributed by atoms with Crippen LogP contribution in [0.4, 0.5) is 0 Å². The molecule has 64 heavy (non-hydrogen) atoms. The largest absolute Gasteiger partial charge is 0.490 e. The normalized spacial score (nSPS) is 13.0. The van der Waals surface area contributed by atoms with Gasteiger partial charge in [0.05, 0.1) is 28.2 Å². The van der Waals surface area contributed by atoms with Crippen molar-refractivity contribution in [3.05, 3.63) is 152 Å². The molecule has 4 aromatic carbocycles. The molecule has 0 unspecified atom stereocenters. The average Bonchev–Trinajstić information content (AvgIpc) is 3.77. The van der Waals surface area contributed by atoms with Crippen molar-refractivity contribution >= 4 is 33.7 Å². The van der Waals surface area contributed by atoms with Gasteiger partial charge in [0.25, 0.3) is 11.1 Å². The van der Waals surface area contributed by atoms with Crippen LogP contribution in [0.5, 0.6) is 5.75 Å². The van der Waals surface area contributed by atoms with Gasteiger partial charge in [-0.2, -0.15) is 9.97 Å². The summed E-state index contributed by atoms with van der Waals surface area (Å²) in [5, 5.41) is 7.56. The lowest BCUT2D eigenvalue weighted by molar-refractivity contribution is 0.209. The van der Waals surface area contributed by atoms with Gasteiger partial charge in [0.15, 0.2) is 23.0 Å². The molecule has 1 saturated carbocycles. The summed E-state index contributed by atoms with van der Waals surface area (Å²) in [4.78, 5) is 70.4. The summed E-state index contributed by atoms with van der Waals surface area (Å²) in [6.07, 6.45) is 4.68. The maximum atomic E-state index is 12.5. The molecule has 1 fully saturated rings. The number of rotatable bonds is 12. The zero-order valence-corrected chi connectivity index (χ0v) is 37.4. The molecule has 0 bridgehead atoms. The SMILES string of the molecule is Cc1cc2nc3c(=O)[nH]c(=O)nc-3n(CCNCc3cccc(Cl)c3)c2cc1OC1CCCC1.Cc1ccc(C)c(CNCCn2c3nc(=O)[nH]c(=O)c-3nc3cc(C)c(C)cc32)c1. The van der Waals surface area contributed by atoms with Crippen LogP contribution < -0.4 is 37.9 Å². The summed E-state index contributed by atoms with van der Waals surface area (Å²) in [7, 11) is 0. The second kappa shape index (κ2) is 19.1. The Labute approximate surface area is 373 Å². The highest BCUT2D eigenvalue weighted by Crippen LogP contribution is 2.31. The summed E-state index contributed by atoms with van der Waals surface area (Å²) in [5.41, 5.74) is 8.91. The minimum absolute atomic E-state index is 0.144. The Balaban J connectivity index is 0.000000176. The van der Waals surface area contributed by atoms with Gasteiger partial charge in [-0.05, 0) is 124 Å². The number of aromatic nitrogens is 8. The maximum absolute atomic E-state index is 12.5. The van der Waals surface area contributed by atoms with E-state index in [-0.39, 0.29) is 23.3 Å². The Bertz CT molecular complexity index is 3190. The third-order valence-corrected chi connectivity index (χ3v) is 12.0. The van der Waals surface area contributed by atoms with Crippen molar-refractivity contribution in [2.45, 2.75) is 92.6 Å². The smallest absolute Gasteiger partial charge is 0.349 e. The number of fused-ring (bicyclic) bond motifs is 4. The number of ether oxygens (including phenoxy) is 1. The van der Waals surface area contributed by atoms with Crippen LogP contribution in [-0.2, 0) is 26.2 Å². The second-order valence-corrected chi connectivity index (χ2v) is 17.0. The molecule has 16 heteroatoms. The van der Waals surface area contributed by atoms with Crippen LogP contribution in [0.3, 0.4) is 0 Å². The number of aryl methyl sites for hydroxylation is 5. The summed E-state index contributed by atoms with van der Waals surface area (Å²) in [6, 6.07) is 22.0. The number of H-pyrrole nitrogens is 2. The van der Waals surface area contributed by atoms with E-state index in [1.54, 1.807) is 0 Å². The first-order valence-electron chi connectivity index (χ1n) is 21.6. The number of hydrogen-bond acceptors (Lipinski definition) is 11. The van der Waals surface area contributed by atoms with E-state index in [0.29, 0.717) is 54.6 Å². The van der Waals surface area contributed by atoms with Crippen molar-refractivity contribution in [2.24, 2.45) is 0 Å². The Hall–Kier alpha value is -6.55. The number of nitrogens with one attached hydrogen (secondary N) is 4. The van der Waals surface area contributed by atoms with E-state index in [4.69, 9.17) is 16.3 Å². The highest BCUT2D eigenvalue weighted by atomic mass is 35.5. The van der Waals surface area contributed by atoms with Crippen molar-refractivity contribution in [1.82, 2.24) is 49.7 Å². The van der Waals surface area contributed by atoms with E-state index in [9.17, 15) is 19.2 Å². The van der Waals surface area contributed by atoms with Crippen LogP contribution in [0.15, 0.2) is 85.9 Å². The Morgan fingerprint density at radius 3 is 1.86 bits per heavy atom. The Kier molecular flexibility index (Phi) is 13.1. The molecule has 0 saturated heterocycles. The second-order valence-electron chi connectivity index (χ2n) is 16.6. The van der Waals surface area contributed by atoms with Gasteiger partial charge in [-0.25, -0.2) is 19.6 Å². The monoisotopic (exact) mass is 882 g/mol. The van der Waals surface area contributed by atoms with Crippen molar-refractivity contribution in [3.63, 3.8) is 0 Å². The topological polar surface area (TPSA) is 195 Å². The lowest BCUT2D eigenvalue weighted by atomic mass is 10.1. The van der Waals surface area contributed by atoms with Crippen molar-refractivity contribution in [1.29, 1.82) is 0 Å². The molecule has 15 nitrogen and oxygen atoms in total. The first-order chi connectivity index (χ1) is 30.8. The number of benzene rings is 4. The first kappa shape index (κ1) is 44.1. The molecule has 1 aliphatic carbocycles. The van der Waals surface area contributed by atoms with Crippen LogP contribution in [-0.4, -0.2) is 58.2 Å². The van der Waals surface area contributed by atoms with Gasteiger partial charge in [-0.3, -0.25) is 19.6 Å². The summed E-state index contributed by atoms with van der Waals surface area (Å²) in [6.45, 7) is 13.9. The fraction of sp³-hybridized carbons (Fsp3) is 0.333. The highest BCUT2D eigenvalue weighted by molar-refractivity contribution is 6.30. The lowest BCUT2D eigenvalue weighted by Gasteiger charge is -2.20. The fourth-order valence-electron chi connectivity index (χ4n) is 8.22. The molecule has 330 valence electrons. The molecule has 4 heterocycles. The van der Waals surface area contributed by atoms with Crippen LogP contribution in [0.1, 0.15) is 64.6 Å². The third kappa shape index (κ3) is 9.81. The van der Waals surface area contributed by atoms with E-state index in [1.165, 1.54) is 29.5 Å². The van der Waals surface area contributed by atoms with Crippen molar-refractivity contribution < 1.29 is 4.74 Å². The summed E-state index contributed by atoms with van der Waals surface area (Å²) < 4.78 is 10.1. The Morgan fingerprint density at radius 2 is 1.23 bits per heavy atom. The zero-order valence-electron chi connectivity index (χ0n) is 36.6. The van der Waals surface area contributed by atoms with Gasteiger partial charge in [0.1, 0.15) is 5.75 Å². The molecule has 0 radical (unpaired) electrons. The quantitative estimate of drug-likeness (QED) is 0.0799. The standard InChI is InChI=1S/C25H26ClN5O3.C23H25N5O2/c1-15-11-19-20(13-21(15)34-18-7-2-3-8-18)31(23-22(28-19)24(32)30-25(33)29-23)10-9-27-14-16-5-4-6-17(26)12-16;1-13-5-6-14(2)17(9-13)12-24-7-8-28-19-11-16(4)15(3)10-18(19)25-20-21(28)26-23(30)27-22(20)29/h4-6,11-13,18,27H,2-3,7-10,14H2,1H3,(H,30,32,33);5-6,9-11,24H,7-8,12H2,1-4H3,(H,27,29,30). The number of halogens is 1. The molecule has 0 amide bonds. The van der Waals surface area contributed by atoms with Gasteiger partial charge in [0, 0.05) is 50.4 Å². The third-order valence-electron chi connectivity index (χ3n) is 11.8. The van der Waals surface area contributed by atoms with Crippen LogP contribution in [0.25, 0.3) is 45.1 Å². The molecule has 4 N–H and O–H groups in total. The summed E-state index contributed by atoms with van der Waals surface area (Å²) >= 11 is 6.08. The first-order valence-corrected chi connectivity index (χ1v) is 21.9.